The first-order valence-electron chi connectivity index (χ1n) is 7.80. The number of alkyl halides is 1. The van der Waals surface area contributed by atoms with Crippen LogP contribution in [0.25, 0.3) is 0 Å². The van der Waals surface area contributed by atoms with Crippen molar-refractivity contribution in [3.63, 3.8) is 0 Å². The summed E-state index contributed by atoms with van der Waals surface area (Å²) in [6.45, 7) is 2.84. The number of halogens is 1. The van der Waals surface area contributed by atoms with E-state index in [-0.39, 0.29) is 12.1 Å². The van der Waals surface area contributed by atoms with Gasteiger partial charge in [0.2, 0.25) is 0 Å². The number of hydrogen-bond acceptors (Lipinski definition) is 3. The minimum absolute atomic E-state index is 0.0690. The van der Waals surface area contributed by atoms with Crippen molar-refractivity contribution in [2.75, 3.05) is 11.9 Å². The number of ether oxygens (including phenoxy) is 2. The summed E-state index contributed by atoms with van der Waals surface area (Å²) in [5.74, 6) is 0.552. The fraction of sp³-hybridized carbons (Fsp3) is 0.588. The topological polar surface area (TPSA) is 35.5 Å². The van der Waals surface area contributed by atoms with E-state index in [2.05, 4.69) is 22.9 Å². The van der Waals surface area contributed by atoms with Crippen molar-refractivity contribution >= 4 is 21.9 Å². The maximum absolute atomic E-state index is 11.9. The molecule has 1 aliphatic rings. The smallest absolute Gasteiger partial charge is 0.339 e. The van der Waals surface area contributed by atoms with Crippen molar-refractivity contribution in [2.24, 2.45) is 0 Å². The van der Waals surface area contributed by atoms with Crippen molar-refractivity contribution in [1.82, 2.24) is 0 Å². The molecule has 1 unspecified atom stereocenters. The maximum atomic E-state index is 11.9. The van der Waals surface area contributed by atoms with Crippen molar-refractivity contribution in [2.45, 2.75) is 51.6 Å². The first-order valence-corrected chi connectivity index (χ1v) is 8.92. The van der Waals surface area contributed by atoms with E-state index in [0.29, 0.717) is 12.2 Å². The molecule has 1 aromatic carbocycles. The third-order valence-electron chi connectivity index (χ3n) is 3.71. The zero-order valence-corrected chi connectivity index (χ0v) is 14.2. The molecule has 0 aromatic heterocycles. The number of esters is 1. The van der Waals surface area contributed by atoms with Crippen LogP contribution < -0.4 is 4.74 Å². The molecule has 1 atom stereocenters. The SMILES string of the molecule is CCCCC1OC(=O)c2cc(OCCCCCBr)ccc21. The fourth-order valence-corrected chi connectivity index (χ4v) is 2.90. The number of carbonyl (C=O) groups is 1. The van der Waals surface area contributed by atoms with E-state index in [0.717, 1.165) is 48.7 Å². The Morgan fingerprint density at radius 1 is 1.24 bits per heavy atom. The second-order valence-electron chi connectivity index (χ2n) is 5.38. The highest BCUT2D eigenvalue weighted by atomic mass is 79.9. The molecule has 2 rings (SSSR count). The Kier molecular flexibility index (Phi) is 6.55. The van der Waals surface area contributed by atoms with E-state index >= 15 is 0 Å². The summed E-state index contributed by atoms with van der Waals surface area (Å²) >= 11 is 3.42. The molecule has 0 spiro atoms. The van der Waals surface area contributed by atoms with Gasteiger partial charge in [-0.1, -0.05) is 35.3 Å². The first-order chi connectivity index (χ1) is 10.3. The van der Waals surface area contributed by atoms with Gasteiger partial charge in [-0.05, 0) is 44.2 Å². The zero-order valence-electron chi connectivity index (χ0n) is 12.6. The minimum Gasteiger partial charge on any atom is -0.494 e. The lowest BCUT2D eigenvalue weighted by molar-refractivity contribution is 0.0364. The van der Waals surface area contributed by atoms with Gasteiger partial charge < -0.3 is 9.47 Å². The predicted octanol–water partition coefficient (Wildman–Crippen LogP) is 5.03. The molecule has 1 aliphatic heterocycles. The molecular weight excluding hydrogens is 332 g/mol. The van der Waals surface area contributed by atoms with Crippen LogP contribution in [0.3, 0.4) is 0 Å². The Morgan fingerprint density at radius 2 is 2.10 bits per heavy atom. The van der Waals surface area contributed by atoms with Crippen LogP contribution in [0.5, 0.6) is 5.75 Å². The lowest BCUT2D eigenvalue weighted by atomic mass is 10.0. The summed E-state index contributed by atoms with van der Waals surface area (Å²) < 4.78 is 11.2. The standard InChI is InChI=1S/C17H23BrO3/c1-2-3-7-16-14-9-8-13(12-15(14)17(19)21-16)20-11-6-4-5-10-18/h8-9,12,16H,2-7,10-11H2,1H3. The molecule has 1 heterocycles. The van der Waals surface area contributed by atoms with Crippen LogP contribution in [-0.4, -0.2) is 17.9 Å². The largest absolute Gasteiger partial charge is 0.494 e. The van der Waals surface area contributed by atoms with E-state index in [4.69, 9.17) is 9.47 Å². The fourth-order valence-electron chi connectivity index (χ4n) is 2.51. The molecule has 21 heavy (non-hydrogen) atoms. The molecular formula is C17H23BrO3. The van der Waals surface area contributed by atoms with Crippen molar-refractivity contribution < 1.29 is 14.3 Å². The molecule has 3 nitrogen and oxygen atoms in total. The summed E-state index contributed by atoms with van der Waals surface area (Å²) in [6.07, 6.45) is 6.37. The highest BCUT2D eigenvalue weighted by molar-refractivity contribution is 9.09. The van der Waals surface area contributed by atoms with Crippen LogP contribution in [0.15, 0.2) is 18.2 Å². The Labute approximate surface area is 135 Å². The number of carbonyl (C=O) groups excluding carboxylic acids is 1. The number of fused-ring (bicyclic) bond motifs is 1. The van der Waals surface area contributed by atoms with Gasteiger partial charge in [-0.25, -0.2) is 4.79 Å². The van der Waals surface area contributed by atoms with Gasteiger partial charge in [0.25, 0.3) is 0 Å². The van der Waals surface area contributed by atoms with Gasteiger partial charge in [0.15, 0.2) is 0 Å². The van der Waals surface area contributed by atoms with E-state index in [1.54, 1.807) is 0 Å². The van der Waals surface area contributed by atoms with E-state index < -0.39 is 0 Å². The molecule has 4 heteroatoms. The highest BCUT2D eigenvalue weighted by Crippen LogP contribution is 2.36. The van der Waals surface area contributed by atoms with Crippen LogP contribution >= 0.6 is 15.9 Å². The summed E-state index contributed by atoms with van der Waals surface area (Å²) in [4.78, 5) is 11.9. The van der Waals surface area contributed by atoms with Crippen LogP contribution in [0.2, 0.25) is 0 Å². The molecule has 0 radical (unpaired) electrons. The molecule has 0 amide bonds. The number of hydrogen-bond donors (Lipinski definition) is 0. The number of benzene rings is 1. The maximum Gasteiger partial charge on any atom is 0.339 e. The van der Waals surface area contributed by atoms with Crippen molar-refractivity contribution in [3.8, 4) is 5.75 Å². The summed E-state index contributed by atoms with van der Waals surface area (Å²) in [6, 6.07) is 5.76. The molecule has 0 aliphatic carbocycles. The molecule has 0 saturated carbocycles. The lowest BCUT2D eigenvalue weighted by Crippen LogP contribution is -1.99. The summed E-state index contributed by atoms with van der Waals surface area (Å²) in [5.41, 5.74) is 1.69. The monoisotopic (exact) mass is 354 g/mol. The van der Waals surface area contributed by atoms with Crippen LogP contribution in [0, 0.1) is 0 Å². The average molecular weight is 355 g/mol. The van der Waals surface area contributed by atoms with Gasteiger partial charge >= 0.3 is 5.97 Å². The zero-order chi connectivity index (χ0) is 15.1. The Balaban J connectivity index is 1.93. The molecule has 1 aromatic rings. The third-order valence-corrected chi connectivity index (χ3v) is 4.27. The van der Waals surface area contributed by atoms with E-state index in [1.165, 1.54) is 6.42 Å². The van der Waals surface area contributed by atoms with Crippen LogP contribution in [-0.2, 0) is 4.74 Å². The van der Waals surface area contributed by atoms with E-state index in [1.807, 2.05) is 18.2 Å². The van der Waals surface area contributed by atoms with Crippen LogP contribution in [0.1, 0.15) is 67.5 Å². The Bertz CT molecular complexity index is 473. The highest BCUT2D eigenvalue weighted by Gasteiger charge is 2.30. The van der Waals surface area contributed by atoms with Crippen molar-refractivity contribution in [3.05, 3.63) is 29.3 Å². The minimum atomic E-state index is -0.212. The van der Waals surface area contributed by atoms with Gasteiger partial charge in [0.1, 0.15) is 11.9 Å². The summed E-state index contributed by atoms with van der Waals surface area (Å²) in [7, 11) is 0. The number of unbranched alkanes of at least 4 members (excludes halogenated alkanes) is 3. The Hall–Kier alpha value is -1.03. The van der Waals surface area contributed by atoms with Gasteiger partial charge in [0.05, 0.1) is 12.2 Å². The summed E-state index contributed by atoms with van der Waals surface area (Å²) in [5, 5.41) is 1.04. The van der Waals surface area contributed by atoms with E-state index in [9.17, 15) is 4.79 Å². The normalized spacial score (nSPS) is 16.7. The predicted molar refractivity (Wildman–Crippen MR) is 87.3 cm³/mol. The van der Waals surface area contributed by atoms with Gasteiger partial charge in [0, 0.05) is 10.9 Å². The molecule has 0 fully saturated rings. The molecule has 0 saturated heterocycles. The molecule has 116 valence electrons. The van der Waals surface area contributed by atoms with Gasteiger partial charge in [-0.15, -0.1) is 0 Å². The second kappa shape index (κ2) is 8.42. The lowest BCUT2D eigenvalue weighted by Gasteiger charge is -2.10. The van der Waals surface area contributed by atoms with Gasteiger partial charge in [-0.3, -0.25) is 0 Å². The number of cyclic esters (lactones) is 1. The average Bonchev–Trinajstić information content (AvgIpc) is 2.81. The number of rotatable bonds is 9. The Morgan fingerprint density at radius 3 is 2.86 bits per heavy atom. The molecule has 0 bridgehead atoms. The van der Waals surface area contributed by atoms with Crippen LogP contribution in [0.4, 0.5) is 0 Å². The molecule has 0 N–H and O–H groups in total. The quantitative estimate of drug-likeness (QED) is 0.354. The van der Waals surface area contributed by atoms with Gasteiger partial charge in [-0.2, -0.15) is 0 Å². The second-order valence-corrected chi connectivity index (χ2v) is 6.18. The first kappa shape index (κ1) is 16.3. The third kappa shape index (κ3) is 4.47. The van der Waals surface area contributed by atoms with Crippen molar-refractivity contribution in [1.29, 1.82) is 0 Å².